The quantitative estimate of drug-likeness (QED) is 0.0761. The van der Waals surface area contributed by atoms with Crippen molar-refractivity contribution in [1.82, 2.24) is 10.2 Å². The van der Waals surface area contributed by atoms with Crippen LogP contribution in [0.2, 0.25) is 0 Å². The number of esters is 1. The molecule has 0 saturated carbocycles. The number of hydrogen-bond acceptors (Lipinski definition) is 7. The van der Waals surface area contributed by atoms with Crippen molar-refractivity contribution >= 4 is 28.4 Å². The third-order valence-corrected chi connectivity index (χ3v) is 9.74. The number of fused-ring (bicyclic) bond motifs is 1. The van der Waals surface area contributed by atoms with Crippen LogP contribution >= 0.6 is 0 Å². The van der Waals surface area contributed by atoms with Crippen LogP contribution in [0.25, 0.3) is 0 Å². The van der Waals surface area contributed by atoms with Crippen LogP contribution in [0.5, 0.6) is 0 Å². The van der Waals surface area contributed by atoms with Crippen LogP contribution < -0.4 is 5.32 Å². The molecule has 4 aromatic carbocycles. The highest BCUT2D eigenvalue weighted by Crippen LogP contribution is 2.41. The lowest BCUT2D eigenvalue weighted by molar-refractivity contribution is -0.384. The van der Waals surface area contributed by atoms with Crippen LogP contribution in [0, 0.1) is 10.1 Å². The Labute approximate surface area is 263 Å². The van der Waals surface area contributed by atoms with Gasteiger partial charge < -0.3 is 9.64 Å². The lowest BCUT2D eigenvalue weighted by Gasteiger charge is -2.37. The summed E-state index contributed by atoms with van der Waals surface area (Å²) in [6.45, 7) is 0.209. The number of amides is 1. The first kappa shape index (κ1) is 30.1. The summed E-state index contributed by atoms with van der Waals surface area (Å²) in [4.78, 5) is 38.0. The molecule has 228 valence electrons. The van der Waals surface area contributed by atoms with Crippen molar-refractivity contribution < 1.29 is 23.5 Å². The van der Waals surface area contributed by atoms with E-state index in [1.165, 1.54) is 29.2 Å². The minimum atomic E-state index is -1.58. The monoisotopic (exact) mass is 621 g/mol. The third kappa shape index (κ3) is 5.94. The zero-order valence-electron chi connectivity index (χ0n) is 24.3. The SMILES string of the molecule is O=C(OCc1ccc([N+](=O)[O-])cc1)C1=C(S(=O)CCNC(c2ccccc2)(c2ccccc2)c2ccccc2)CC2CC(=O)N12. The minimum absolute atomic E-state index is 0.0527. The molecular weight excluding hydrogens is 590 g/mol. The lowest BCUT2D eigenvalue weighted by atomic mass is 9.77. The number of nitro groups is 1. The number of β-lactam (4-membered cyclic amide) rings is 1. The number of rotatable bonds is 12. The fourth-order valence-corrected chi connectivity index (χ4v) is 7.38. The molecule has 0 aromatic heterocycles. The van der Waals surface area contributed by atoms with Crippen molar-refractivity contribution in [3.8, 4) is 0 Å². The highest BCUT2D eigenvalue weighted by Gasteiger charge is 2.49. The van der Waals surface area contributed by atoms with Crippen molar-refractivity contribution in [1.29, 1.82) is 0 Å². The summed E-state index contributed by atoms with van der Waals surface area (Å²) in [7, 11) is -1.58. The van der Waals surface area contributed by atoms with Gasteiger partial charge >= 0.3 is 5.97 Å². The summed E-state index contributed by atoms with van der Waals surface area (Å²) in [6.07, 6.45) is 0.638. The Morgan fingerprint density at radius 1 is 0.867 bits per heavy atom. The number of nitrogens with one attached hydrogen (secondary N) is 1. The van der Waals surface area contributed by atoms with E-state index in [0.29, 0.717) is 23.4 Å². The van der Waals surface area contributed by atoms with Crippen LogP contribution in [-0.2, 0) is 37.3 Å². The van der Waals surface area contributed by atoms with E-state index in [1.807, 2.05) is 54.6 Å². The van der Waals surface area contributed by atoms with E-state index >= 15 is 0 Å². The Kier molecular flexibility index (Phi) is 8.68. The van der Waals surface area contributed by atoms with E-state index in [0.717, 1.165) is 16.7 Å². The molecular formula is C35H31N3O6S. The molecule has 6 rings (SSSR count). The van der Waals surface area contributed by atoms with Crippen LogP contribution in [-0.4, -0.2) is 44.2 Å². The molecule has 2 unspecified atom stereocenters. The van der Waals surface area contributed by atoms with Crippen LogP contribution in [0.4, 0.5) is 5.69 Å². The van der Waals surface area contributed by atoms with Gasteiger partial charge in [-0.2, -0.15) is 0 Å². The van der Waals surface area contributed by atoms with E-state index < -0.39 is 27.2 Å². The van der Waals surface area contributed by atoms with Gasteiger partial charge in [0.2, 0.25) is 5.91 Å². The van der Waals surface area contributed by atoms with E-state index in [1.54, 1.807) is 0 Å². The average molecular weight is 622 g/mol. The number of ether oxygens (including phenoxy) is 1. The summed E-state index contributed by atoms with van der Waals surface area (Å²) >= 11 is 0. The lowest BCUT2D eigenvalue weighted by Crippen LogP contribution is -2.49. The second-order valence-electron chi connectivity index (χ2n) is 10.9. The Morgan fingerprint density at radius 3 is 1.89 bits per heavy atom. The smallest absolute Gasteiger partial charge is 0.356 e. The Morgan fingerprint density at radius 2 is 1.40 bits per heavy atom. The van der Waals surface area contributed by atoms with Gasteiger partial charge in [0.05, 0.1) is 27.3 Å². The van der Waals surface area contributed by atoms with Crippen molar-refractivity contribution in [2.45, 2.75) is 31.0 Å². The molecule has 0 radical (unpaired) electrons. The molecule has 4 aromatic rings. The van der Waals surface area contributed by atoms with Gasteiger partial charge in [0, 0.05) is 42.2 Å². The number of carbonyl (C=O) groups excluding carboxylic acids is 2. The van der Waals surface area contributed by atoms with E-state index in [9.17, 15) is 23.9 Å². The van der Waals surface area contributed by atoms with Gasteiger partial charge in [-0.3, -0.25) is 24.4 Å². The predicted molar refractivity (Wildman–Crippen MR) is 170 cm³/mol. The van der Waals surface area contributed by atoms with Crippen molar-refractivity contribution in [2.24, 2.45) is 0 Å². The minimum Gasteiger partial charge on any atom is -0.456 e. The first-order valence-electron chi connectivity index (χ1n) is 14.6. The molecule has 45 heavy (non-hydrogen) atoms. The largest absolute Gasteiger partial charge is 0.456 e. The molecule has 1 amide bonds. The molecule has 1 fully saturated rings. The summed E-state index contributed by atoms with van der Waals surface area (Å²) in [5.41, 5.74) is 2.89. The number of nitro benzene ring substituents is 1. The van der Waals surface area contributed by atoms with Gasteiger partial charge in [-0.05, 0) is 34.4 Å². The standard InChI is InChI=1S/C35H31N3O6S/c39-32-23-30-22-31(33(37(30)32)34(40)44-24-25-16-18-29(19-17-25)38(41)42)45(43)21-20-36-35(26-10-4-1-5-11-26,27-12-6-2-7-13-27)28-14-8-3-9-15-28/h1-19,30,36H,20-24H2. The molecule has 2 aliphatic rings. The number of benzene rings is 4. The maximum Gasteiger partial charge on any atom is 0.356 e. The number of nitrogens with zero attached hydrogens (tertiary/aromatic N) is 2. The predicted octanol–water partition coefficient (Wildman–Crippen LogP) is 5.18. The molecule has 2 heterocycles. The summed E-state index contributed by atoms with van der Waals surface area (Å²) in [5.74, 6) is -0.728. The maximum atomic E-state index is 13.9. The first-order chi connectivity index (χ1) is 21.9. The first-order valence-corrected chi connectivity index (χ1v) is 16.0. The maximum absolute atomic E-state index is 13.9. The molecule has 2 atom stereocenters. The van der Waals surface area contributed by atoms with Crippen LogP contribution in [0.1, 0.15) is 35.1 Å². The summed E-state index contributed by atoms with van der Waals surface area (Å²) in [5, 5.41) is 14.7. The van der Waals surface area contributed by atoms with Gasteiger partial charge in [-0.15, -0.1) is 0 Å². The Hall–Kier alpha value is -4.93. The Bertz CT molecular complexity index is 1670. The molecule has 0 aliphatic carbocycles. The highest BCUT2D eigenvalue weighted by atomic mass is 32.2. The summed E-state index contributed by atoms with van der Waals surface area (Å²) in [6, 6.07) is 35.8. The van der Waals surface area contributed by atoms with Gasteiger partial charge in [0.15, 0.2) is 0 Å². The number of hydrogen-bond donors (Lipinski definition) is 1. The van der Waals surface area contributed by atoms with Crippen LogP contribution in [0.3, 0.4) is 0 Å². The van der Waals surface area contributed by atoms with Crippen LogP contribution in [0.15, 0.2) is 126 Å². The zero-order valence-corrected chi connectivity index (χ0v) is 25.2. The molecule has 0 spiro atoms. The van der Waals surface area contributed by atoms with Gasteiger partial charge in [0.25, 0.3) is 5.69 Å². The molecule has 10 heteroatoms. The molecule has 9 nitrogen and oxygen atoms in total. The number of non-ortho nitro benzene ring substituents is 1. The molecule has 1 N–H and O–H groups in total. The fraction of sp³-hybridized carbons (Fsp3) is 0.200. The van der Waals surface area contributed by atoms with E-state index in [4.69, 9.17) is 4.74 Å². The highest BCUT2D eigenvalue weighted by molar-refractivity contribution is 7.89. The van der Waals surface area contributed by atoms with Crippen molar-refractivity contribution in [2.75, 3.05) is 12.3 Å². The molecule has 2 aliphatic heterocycles. The second-order valence-corrected chi connectivity index (χ2v) is 12.5. The normalized spacial score (nSPS) is 16.6. The number of carbonyl (C=O) groups is 2. The van der Waals surface area contributed by atoms with Gasteiger partial charge in [-0.1, -0.05) is 91.0 Å². The van der Waals surface area contributed by atoms with E-state index in [-0.39, 0.29) is 42.1 Å². The topological polar surface area (TPSA) is 119 Å². The molecule has 0 bridgehead atoms. The zero-order chi connectivity index (χ0) is 31.4. The third-order valence-electron chi connectivity index (χ3n) is 8.25. The van der Waals surface area contributed by atoms with Gasteiger partial charge in [-0.25, -0.2) is 4.79 Å². The van der Waals surface area contributed by atoms with Crippen molar-refractivity contribution in [3.05, 3.63) is 158 Å². The summed E-state index contributed by atoms with van der Waals surface area (Å²) < 4.78 is 19.4. The Balaban J connectivity index is 1.24. The van der Waals surface area contributed by atoms with Crippen molar-refractivity contribution in [3.63, 3.8) is 0 Å². The van der Waals surface area contributed by atoms with Gasteiger partial charge in [0.1, 0.15) is 12.3 Å². The second kappa shape index (κ2) is 13.0. The fourth-order valence-electron chi connectivity index (χ4n) is 6.07. The van der Waals surface area contributed by atoms with E-state index in [2.05, 4.69) is 41.7 Å². The average Bonchev–Trinajstić information content (AvgIpc) is 3.40. The molecule has 1 saturated heterocycles.